The molecule has 0 bridgehead atoms. The van der Waals surface area contributed by atoms with Crippen LogP contribution in [0.2, 0.25) is 0 Å². The zero-order chi connectivity index (χ0) is 18.5. The Hall–Kier alpha value is -2.74. The number of hydrogen-bond acceptors (Lipinski definition) is 5. The van der Waals surface area contributed by atoms with E-state index in [-0.39, 0.29) is 17.2 Å². The van der Waals surface area contributed by atoms with Crippen molar-refractivity contribution < 1.29 is 23.9 Å². The second-order valence-electron chi connectivity index (χ2n) is 5.83. The smallest absolute Gasteiger partial charge is 0.338 e. The van der Waals surface area contributed by atoms with Crippen LogP contribution in [0.3, 0.4) is 0 Å². The topological polar surface area (TPSA) is 99.8 Å². The first-order chi connectivity index (χ1) is 12.5. The van der Waals surface area contributed by atoms with Gasteiger partial charge in [0.15, 0.2) is 5.76 Å². The normalized spacial score (nSPS) is 14.1. The number of carboxylic acid groups (broad SMARTS) is 1. The molecule has 7 nitrogen and oxygen atoms in total. The van der Waals surface area contributed by atoms with E-state index in [1.54, 1.807) is 24.3 Å². The van der Waals surface area contributed by atoms with Crippen LogP contribution in [-0.2, 0) is 11.2 Å². The van der Waals surface area contributed by atoms with E-state index in [1.165, 1.54) is 6.07 Å². The maximum atomic E-state index is 12.3. The number of thioether (sulfide) groups is 1. The van der Waals surface area contributed by atoms with Crippen LogP contribution in [0.5, 0.6) is 0 Å². The van der Waals surface area contributed by atoms with E-state index in [2.05, 4.69) is 5.32 Å². The Morgan fingerprint density at radius 1 is 1.15 bits per heavy atom. The molecule has 3 rings (SSSR count). The van der Waals surface area contributed by atoms with Crippen LogP contribution in [0.1, 0.15) is 26.5 Å². The highest BCUT2D eigenvalue weighted by Gasteiger charge is 2.17. The van der Waals surface area contributed by atoms with Crippen molar-refractivity contribution in [3.05, 3.63) is 53.5 Å². The summed E-state index contributed by atoms with van der Waals surface area (Å²) in [6, 6.07) is 8.15. The van der Waals surface area contributed by atoms with E-state index in [9.17, 15) is 14.4 Å². The molecule has 0 atom stereocenters. The molecule has 1 aromatic carbocycles. The van der Waals surface area contributed by atoms with Crippen molar-refractivity contribution in [2.75, 3.05) is 29.9 Å². The molecular weight excluding hydrogens is 356 g/mol. The SMILES string of the molecule is O=C(O)c1coc(C(=O)Nc2ccc(CC(=O)N3CCSCC3)cc2)c1. The highest BCUT2D eigenvalue weighted by Crippen LogP contribution is 2.15. The summed E-state index contributed by atoms with van der Waals surface area (Å²) in [5.41, 5.74) is 1.33. The van der Waals surface area contributed by atoms with Gasteiger partial charge in [-0.2, -0.15) is 11.8 Å². The number of carboxylic acids is 1. The van der Waals surface area contributed by atoms with Gasteiger partial charge in [-0.15, -0.1) is 0 Å². The zero-order valence-corrected chi connectivity index (χ0v) is 14.8. The third kappa shape index (κ3) is 4.45. The Morgan fingerprint density at radius 2 is 1.85 bits per heavy atom. The Morgan fingerprint density at radius 3 is 2.46 bits per heavy atom. The van der Waals surface area contributed by atoms with Crippen LogP contribution in [0, 0.1) is 0 Å². The molecule has 0 aliphatic carbocycles. The summed E-state index contributed by atoms with van der Waals surface area (Å²) in [5.74, 6) is 0.296. The van der Waals surface area contributed by atoms with E-state index >= 15 is 0 Å². The standard InChI is InChI=1S/C18H18N2O5S/c21-16(20-5-7-26-8-6-20)9-12-1-3-14(4-2-12)19-17(22)15-10-13(11-25-15)18(23)24/h1-4,10-11H,5-9H2,(H,19,22)(H,23,24). The van der Waals surface area contributed by atoms with Gasteiger partial charge in [0.1, 0.15) is 6.26 Å². The molecule has 2 heterocycles. The Bertz CT molecular complexity index is 809. The van der Waals surface area contributed by atoms with Gasteiger partial charge < -0.3 is 19.7 Å². The van der Waals surface area contributed by atoms with Crippen LogP contribution in [0.15, 0.2) is 41.0 Å². The fourth-order valence-electron chi connectivity index (χ4n) is 2.57. The molecule has 2 amide bonds. The summed E-state index contributed by atoms with van der Waals surface area (Å²) in [4.78, 5) is 37.0. The van der Waals surface area contributed by atoms with Gasteiger partial charge in [0.2, 0.25) is 5.91 Å². The van der Waals surface area contributed by atoms with Gasteiger partial charge in [0.25, 0.3) is 5.91 Å². The summed E-state index contributed by atoms with van der Waals surface area (Å²) < 4.78 is 4.96. The second-order valence-corrected chi connectivity index (χ2v) is 7.05. The summed E-state index contributed by atoms with van der Waals surface area (Å²) in [5, 5.41) is 11.5. The van der Waals surface area contributed by atoms with E-state index < -0.39 is 11.9 Å². The van der Waals surface area contributed by atoms with Gasteiger partial charge in [-0.25, -0.2) is 4.79 Å². The number of nitrogens with zero attached hydrogens (tertiary/aromatic N) is 1. The van der Waals surface area contributed by atoms with Crippen molar-refractivity contribution >= 4 is 35.2 Å². The molecule has 0 spiro atoms. The lowest BCUT2D eigenvalue weighted by molar-refractivity contribution is -0.130. The monoisotopic (exact) mass is 374 g/mol. The minimum Gasteiger partial charge on any atom is -0.478 e. The number of nitrogens with one attached hydrogen (secondary N) is 1. The number of amides is 2. The lowest BCUT2D eigenvalue weighted by atomic mass is 10.1. The summed E-state index contributed by atoms with van der Waals surface area (Å²) >= 11 is 1.86. The molecule has 1 aliphatic rings. The Kier molecular flexibility index (Phi) is 5.62. The minimum absolute atomic E-state index is 0.0791. The average Bonchev–Trinajstić information content (AvgIpc) is 3.15. The maximum Gasteiger partial charge on any atom is 0.338 e. The molecule has 8 heteroatoms. The zero-order valence-electron chi connectivity index (χ0n) is 13.9. The van der Waals surface area contributed by atoms with Crippen LogP contribution >= 0.6 is 11.8 Å². The van der Waals surface area contributed by atoms with Gasteiger partial charge in [-0.1, -0.05) is 12.1 Å². The minimum atomic E-state index is -1.16. The van der Waals surface area contributed by atoms with Crippen molar-refractivity contribution in [1.82, 2.24) is 4.90 Å². The summed E-state index contributed by atoms with van der Waals surface area (Å²) in [6.45, 7) is 1.58. The molecule has 1 aromatic heterocycles. The molecule has 1 fully saturated rings. The van der Waals surface area contributed by atoms with E-state index in [4.69, 9.17) is 9.52 Å². The fraction of sp³-hybridized carbons (Fsp3) is 0.278. The molecule has 0 saturated carbocycles. The molecular formula is C18H18N2O5S. The van der Waals surface area contributed by atoms with Gasteiger partial charge in [-0.05, 0) is 17.7 Å². The van der Waals surface area contributed by atoms with Crippen LogP contribution in [0.25, 0.3) is 0 Å². The molecule has 1 saturated heterocycles. The van der Waals surface area contributed by atoms with Crippen molar-refractivity contribution in [3.8, 4) is 0 Å². The molecule has 0 radical (unpaired) electrons. The molecule has 26 heavy (non-hydrogen) atoms. The largest absolute Gasteiger partial charge is 0.478 e. The number of benzene rings is 1. The van der Waals surface area contributed by atoms with Crippen LogP contribution in [0.4, 0.5) is 5.69 Å². The van der Waals surface area contributed by atoms with Gasteiger partial charge in [-0.3, -0.25) is 9.59 Å². The summed E-state index contributed by atoms with van der Waals surface area (Å²) in [6.07, 6.45) is 1.35. The first-order valence-electron chi connectivity index (χ1n) is 8.10. The predicted octanol–water partition coefficient (Wildman–Crippen LogP) is 2.35. The van der Waals surface area contributed by atoms with Crippen molar-refractivity contribution in [2.24, 2.45) is 0 Å². The highest BCUT2D eigenvalue weighted by molar-refractivity contribution is 7.99. The lowest BCUT2D eigenvalue weighted by Gasteiger charge is -2.26. The highest BCUT2D eigenvalue weighted by atomic mass is 32.2. The van der Waals surface area contributed by atoms with E-state index in [1.807, 2.05) is 16.7 Å². The Labute approximate surface area is 154 Å². The molecule has 2 aromatic rings. The third-order valence-electron chi connectivity index (χ3n) is 4.00. The number of rotatable bonds is 5. The van der Waals surface area contributed by atoms with E-state index in [0.717, 1.165) is 36.4 Å². The number of aromatic carboxylic acids is 1. The summed E-state index contributed by atoms with van der Waals surface area (Å²) in [7, 11) is 0. The quantitative estimate of drug-likeness (QED) is 0.833. The molecule has 1 aliphatic heterocycles. The molecule has 136 valence electrons. The number of hydrogen-bond donors (Lipinski definition) is 2. The Balaban J connectivity index is 1.57. The maximum absolute atomic E-state index is 12.3. The van der Waals surface area contributed by atoms with Gasteiger partial charge in [0, 0.05) is 36.3 Å². The van der Waals surface area contributed by atoms with Crippen molar-refractivity contribution in [1.29, 1.82) is 0 Å². The predicted molar refractivity (Wildman–Crippen MR) is 97.7 cm³/mol. The van der Waals surface area contributed by atoms with Crippen molar-refractivity contribution in [2.45, 2.75) is 6.42 Å². The van der Waals surface area contributed by atoms with Crippen LogP contribution < -0.4 is 5.32 Å². The number of carbonyl (C=O) groups excluding carboxylic acids is 2. The van der Waals surface area contributed by atoms with Gasteiger partial charge in [0.05, 0.1) is 12.0 Å². The number of furan rings is 1. The first kappa shape index (κ1) is 18.1. The lowest BCUT2D eigenvalue weighted by Crippen LogP contribution is -2.38. The molecule has 0 unspecified atom stereocenters. The average molecular weight is 374 g/mol. The van der Waals surface area contributed by atoms with E-state index in [0.29, 0.717) is 12.1 Å². The molecule has 2 N–H and O–H groups in total. The number of carbonyl (C=O) groups is 3. The second kappa shape index (κ2) is 8.09. The van der Waals surface area contributed by atoms with Gasteiger partial charge >= 0.3 is 5.97 Å². The first-order valence-corrected chi connectivity index (χ1v) is 9.26. The van der Waals surface area contributed by atoms with Crippen molar-refractivity contribution in [3.63, 3.8) is 0 Å². The van der Waals surface area contributed by atoms with Crippen LogP contribution in [-0.4, -0.2) is 52.4 Å². The fourth-order valence-corrected chi connectivity index (χ4v) is 3.47. The third-order valence-corrected chi connectivity index (χ3v) is 4.94. The number of anilines is 1.